The van der Waals surface area contributed by atoms with Crippen LogP contribution in [0.25, 0.3) is 0 Å². The number of carbonyl (C=O) groups is 1. The molecule has 0 aromatic heterocycles. The Morgan fingerprint density at radius 3 is 2.38 bits per heavy atom. The van der Waals surface area contributed by atoms with Gasteiger partial charge in [0.05, 0.1) is 6.10 Å². The summed E-state index contributed by atoms with van der Waals surface area (Å²) >= 11 is 0. The number of rotatable bonds is 7. The molecule has 0 spiro atoms. The second kappa shape index (κ2) is 7.48. The third-order valence-electron chi connectivity index (χ3n) is 4.40. The first kappa shape index (κ1) is 18.3. The summed E-state index contributed by atoms with van der Waals surface area (Å²) in [7, 11) is 3.62. The van der Waals surface area contributed by atoms with Gasteiger partial charge in [-0.1, -0.05) is 19.8 Å². The first-order chi connectivity index (χ1) is 9.71. The highest BCUT2D eigenvalue weighted by Crippen LogP contribution is 2.49. The van der Waals surface area contributed by atoms with Crippen LogP contribution in [0.3, 0.4) is 0 Å². The average molecular weight is 299 g/mol. The molecule has 1 amide bonds. The van der Waals surface area contributed by atoms with E-state index >= 15 is 0 Å². The molecule has 0 bridgehead atoms. The minimum Gasteiger partial charge on any atom is -0.444 e. The molecule has 0 N–H and O–H groups in total. The molecule has 4 heteroatoms. The Morgan fingerprint density at radius 1 is 1.29 bits per heavy atom. The fraction of sp³-hybridized carbons (Fsp3) is 0.941. The van der Waals surface area contributed by atoms with Gasteiger partial charge in [0.1, 0.15) is 5.60 Å². The summed E-state index contributed by atoms with van der Waals surface area (Å²) in [5.41, 5.74) is -0.0597. The largest absolute Gasteiger partial charge is 0.444 e. The van der Waals surface area contributed by atoms with Gasteiger partial charge in [-0.25, -0.2) is 4.79 Å². The molecule has 0 aromatic rings. The summed E-state index contributed by atoms with van der Waals surface area (Å²) < 4.78 is 10.8. The van der Waals surface area contributed by atoms with Gasteiger partial charge in [0, 0.05) is 20.7 Å². The van der Waals surface area contributed by atoms with Crippen LogP contribution in [-0.4, -0.2) is 43.4 Å². The number of methoxy groups -OCH3 is 1. The van der Waals surface area contributed by atoms with Crippen LogP contribution in [-0.2, 0) is 9.47 Å². The number of nitrogens with zero attached hydrogens (tertiary/aromatic N) is 1. The van der Waals surface area contributed by atoms with Crippen LogP contribution < -0.4 is 0 Å². The van der Waals surface area contributed by atoms with E-state index < -0.39 is 5.60 Å². The Bertz CT molecular complexity index is 324. The van der Waals surface area contributed by atoms with Gasteiger partial charge in [0.2, 0.25) is 0 Å². The summed E-state index contributed by atoms with van der Waals surface area (Å²) in [4.78, 5) is 13.7. The van der Waals surface area contributed by atoms with Crippen molar-refractivity contribution in [2.45, 2.75) is 77.9 Å². The second-order valence-electron chi connectivity index (χ2n) is 7.52. The summed E-state index contributed by atoms with van der Waals surface area (Å²) in [5, 5.41) is 0. The van der Waals surface area contributed by atoms with Crippen molar-refractivity contribution in [3.8, 4) is 0 Å². The van der Waals surface area contributed by atoms with E-state index in [1.807, 2.05) is 27.8 Å². The predicted molar refractivity (Wildman–Crippen MR) is 85.5 cm³/mol. The standard InChI is InChI=1S/C17H33NO3/c1-7-8-9-17(12-14(13-17)20-6)10-11-18(5)15(19)21-16(2,3)4/h14H,7-13H2,1-6H3. The van der Waals surface area contributed by atoms with E-state index in [9.17, 15) is 4.79 Å². The Hall–Kier alpha value is -0.770. The van der Waals surface area contributed by atoms with Crippen molar-refractivity contribution in [2.75, 3.05) is 20.7 Å². The molecule has 1 aliphatic rings. The third kappa shape index (κ3) is 5.85. The molecule has 0 radical (unpaired) electrons. The van der Waals surface area contributed by atoms with Gasteiger partial charge in [-0.05, 0) is 51.9 Å². The number of hydrogen-bond donors (Lipinski definition) is 0. The van der Waals surface area contributed by atoms with Crippen molar-refractivity contribution in [2.24, 2.45) is 5.41 Å². The number of carbonyl (C=O) groups excluding carboxylic acids is 1. The van der Waals surface area contributed by atoms with E-state index in [0.717, 1.165) is 25.8 Å². The van der Waals surface area contributed by atoms with Crippen LogP contribution in [0, 0.1) is 5.41 Å². The number of hydrogen-bond acceptors (Lipinski definition) is 3. The number of ether oxygens (including phenoxy) is 2. The average Bonchev–Trinajstić information content (AvgIpc) is 2.34. The summed E-state index contributed by atoms with van der Waals surface area (Å²) in [6, 6.07) is 0. The molecule has 0 saturated heterocycles. The van der Waals surface area contributed by atoms with Crippen LogP contribution in [0.4, 0.5) is 4.79 Å². The number of unbranched alkanes of at least 4 members (excludes halogenated alkanes) is 1. The van der Waals surface area contributed by atoms with E-state index in [1.54, 1.807) is 12.0 Å². The van der Waals surface area contributed by atoms with Crippen molar-refractivity contribution in [1.29, 1.82) is 0 Å². The maximum atomic E-state index is 12.0. The molecule has 124 valence electrons. The predicted octanol–water partition coefficient (Wildman–Crippen LogP) is 4.23. The van der Waals surface area contributed by atoms with Gasteiger partial charge >= 0.3 is 6.09 Å². The lowest BCUT2D eigenvalue weighted by Gasteiger charge is -2.48. The van der Waals surface area contributed by atoms with Crippen LogP contribution >= 0.6 is 0 Å². The summed E-state index contributed by atoms with van der Waals surface area (Å²) in [6.45, 7) is 8.69. The van der Waals surface area contributed by atoms with Gasteiger partial charge in [-0.3, -0.25) is 0 Å². The van der Waals surface area contributed by atoms with Crippen LogP contribution in [0.15, 0.2) is 0 Å². The third-order valence-corrected chi connectivity index (χ3v) is 4.40. The van der Waals surface area contributed by atoms with Gasteiger partial charge in [0.15, 0.2) is 0 Å². The zero-order valence-corrected chi connectivity index (χ0v) is 14.7. The molecule has 1 rings (SSSR count). The highest BCUT2D eigenvalue weighted by molar-refractivity contribution is 5.67. The van der Waals surface area contributed by atoms with E-state index in [4.69, 9.17) is 9.47 Å². The molecule has 1 fully saturated rings. The van der Waals surface area contributed by atoms with Gasteiger partial charge in [-0.15, -0.1) is 0 Å². The SMILES string of the molecule is CCCCC1(CCN(C)C(=O)OC(C)(C)C)CC(OC)C1. The van der Waals surface area contributed by atoms with Gasteiger partial charge in [0.25, 0.3) is 0 Å². The highest BCUT2D eigenvalue weighted by atomic mass is 16.6. The Balaban J connectivity index is 2.44. The summed E-state index contributed by atoms with van der Waals surface area (Å²) in [6.07, 6.45) is 7.21. The highest BCUT2D eigenvalue weighted by Gasteiger charge is 2.43. The molecule has 1 aliphatic carbocycles. The molecule has 1 saturated carbocycles. The summed E-state index contributed by atoms with van der Waals surface area (Å²) in [5.74, 6) is 0. The monoisotopic (exact) mass is 299 g/mol. The molecule has 0 aliphatic heterocycles. The number of amides is 1. The Kier molecular flexibility index (Phi) is 6.51. The molecule has 0 heterocycles. The zero-order valence-electron chi connectivity index (χ0n) is 14.7. The quantitative estimate of drug-likeness (QED) is 0.706. The van der Waals surface area contributed by atoms with Gasteiger partial charge < -0.3 is 14.4 Å². The maximum absolute atomic E-state index is 12.0. The Morgan fingerprint density at radius 2 is 1.90 bits per heavy atom. The van der Waals surface area contributed by atoms with Gasteiger partial charge in [-0.2, -0.15) is 0 Å². The van der Waals surface area contributed by atoms with Crippen molar-refractivity contribution in [3.63, 3.8) is 0 Å². The smallest absolute Gasteiger partial charge is 0.410 e. The maximum Gasteiger partial charge on any atom is 0.410 e. The minimum absolute atomic E-state index is 0.226. The normalized spacial score (nSPS) is 25.3. The lowest BCUT2D eigenvalue weighted by atomic mass is 9.62. The van der Waals surface area contributed by atoms with Crippen LogP contribution in [0.2, 0.25) is 0 Å². The minimum atomic E-state index is -0.428. The molecule has 4 nitrogen and oxygen atoms in total. The molecule has 0 atom stereocenters. The van der Waals surface area contributed by atoms with Crippen LogP contribution in [0.1, 0.15) is 66.2 Å². The van der Waals surface area contributed by atoms with E-state index in [2.05, 4.69) is 6.92 Å². The van der Waals surface area contributed by atoms with Crippen molar-refractivity contribution >= 4 is 6.09 Å². The van der Waals surface area contributed by atoms with Crippen molar-refractivity contribution in [1.82, 2.24) is 4.90 Å². The molecule has 0 unspecified atom stereocenters. The zero-order chi connectivity index (χ0) is 16.1. The van der Waals surface area contributed by atoms with Crippen molar-refractivity contribution in [3.05, 3.63) is 0 Å². The van der Waals surface area contributed by atoms with Crippen LogP contribution in [0.5, 0.6) is 0 Å². The van der Waals surface area contributed by atoms with Crippen molar-refractivity contribution < 1.29 is 14.3 Å². The molecule has 21 heavy (non-hydrogen) atoms. The molecular formula is C17H33NO3. The fourth-order valence-electron chi connectivity index (χ4n) is 2.99. The lowest BCUT2D eigenvalue weighted by Crippen LogP contribution is -2.45. The van der Waals surface area contributed by atoms with E-state index in [-0.39, 0.29) is 6.09 Å². The molecule has 0 aromatic carbocycles. The first-order valence-electron chi connectivity index (χ1n) is 8.18. The first-order valence-corrected chi connectivity index (χ1v) is 8.18. The fourth-order valence-corrected chi connectivity index (χ4v) is 2.99. The van der Waals surface area contributed by atoms with E-state index in [1.165, 1.54) is 19.3 Å². The second-order valence-corrected chi connectivity index (χ2v) is 7.52. The Labute approximate surface area is 130 Å². The molecular weight excluding hydrogens is 266 g/mol. The van der Waals surface area contributed by atoms with E-state index in [0.29, 0.717) is 11.5 Å². The topological polar surface area (TPSA) is 38.8 Å². The lowest BCUT2D eigenvalue weighted by molar-refractivity contribution is -0.0717.